The second-order valence-corrected chi connectivity index (χ2v) is 3.68. The largest absolute Gasteiger partial charge is 0.427 e. The van der Waals surface area contributed by atoms with E-state index < -0.39 is 0 Å². The van der Waals surface area contributed by atoms with E-state index in [0.29, 0.717) is 0 Å². The van der Waals surface area contributed by atoms with E-state index in [0.717, 1.165) is 22.7 Å². The van der Waals surface area contributed by atoms with E-state index in [1.807, 2.05) is 72.4 Å². The average Bonchev–Trinajstić information content (AvgIpc) is 2.29. The van der Waals surface area contributed by atoms with Crippen molar-refractivity contribution in [1.82, 2.24) is 4.98 Å². The Hall–Kier alpha value is -1.10. The van der Waals surface area contributed by atoms with E-state index in [-0.39, 0.29) is 0 Å². The number of hydrogen-bond acceptors (Lipinski definition) is 2. The molecular formula is C12H10INO. The molecule has 2 aromatic rings. The highest BCUT2D eigenvalue weighted by molar-refractivity contribution is 14.1. The van der Waals surface area contributed by atoms with Gasteiger partial charge in [-0.3, -0.25) is 4.98 Å². The van der Waals surface area contributed by atoms with E-state index in [1.165, 1.54) is 0 Å². The highest BCUT2D eigenvalue weighted by atomic mass is 127. The van der Waals surface area contributed by atoms with E-state index >= 15 is 0 Å². The highest BCUT2D eigenvalue weighted by Gasteiger charge is 2.05. The maximum atomic E-state index is 5.27. The number of rotatable bonds is 2. The molecule has 0 saturated heterocycles. The van der Waals surface area contributed by atoms with Gasteiger partial charge in [-0.15, -0.1) is 0 Å². The molecule has 2 nitrogen and oxygen atoms in total. The van der Waals surface area contributed by atoms with Gasteiger partial charge in [-0.05, 0) is 31.2 Å². The van der Waals surface area contributed by atoms with Crippen LogP contribution in [0.1, 0.15) is 5.69 Å². The summed E-state index contributed by atoms with van der Waals surface area (Å²) in [5.74, 6) is 0.844. The van der Waals surface area contributed by atoms with Gasteiger partial charge in [0.1, 0.15) is 5.75 Å². The Kier molecular flexibility index (Phi) is 3.20. The van der Waals surface area contributed by atoms with Gasteiger partial charge >= 0.3 is 0 Å². The summed E-state index contributed by atoms with van der Waals surface area (Å²) in [6.45, 7) is 1.98. The van der Waals surface area contributed by atoms with Gasteiger partial charge in [0, 0.05) is 11.3 Å². The maximum absolute atomic E-state index is 5.27. The standard InChI is InChI=1S/C12H10INO/c1-9-5-4-7-11(14-9)10-6-2-3-8-12(10)15-13/h2-8H,1H3. The summed E-state index contributed by atoms with van der Waals surface area (Å²) in [5, 5.41) is 0. The van der Waals surface area contributed by atoms with Crippen molar-refractivity contribution in [2.45, 2.75) is 6.92 Å². The molecule has 3 heteroatoms. The third-order valence-electron chi connectivity index (χ3n) is 2.13. The SMILES string of the molecule is Cc1cccc(-c2ccccc2OI)n1. The van der Waals surface area contributed by atoms with Gasteiger partial charge in [0.2, 0.25) is 0 Å². The number of hydrogen-bond donors (Lipinski definition) is 0. The Bertz CT molecular complexity index is 471. The fourth-order valence-electron chi connectivity index (χ4n) is 1.44. The van der Waals surface area contributed by atoms with Crippen molar-refractivity contribution in [3.8, 4) is 17.0 Å². The van der Waals surface area contributed by atoms with Crippen LogP contribution in [0.2, 0.25) is 0 Å². The molecule has 0 aliphatic heterocycles. The highest BCUT2D eigenvalue weighted by Crippen LogP contribution is 2.29. The Labute approximate surface area is 103 Å². The number of aromatic nitrogens is 1. The Morgan fingerprint density at radius 1 is 1.07 bits per heavy atom. The fourth-order valence-corrected chi connectivity index (χ4v) is 1.82. The number of halogens is 1. The molecule has 0 unspecified atom stereocenters. The van der Waals surface area contributed by atoms with Crippen molar-refractivity contribution in [2.75, 3.05) is 0 Å². The van der Waals surface area contributed by atoms with Crippen LogP contribution in [-0.2, 0) is 0 Å². The van der Waals surface area contributed by atoms with Crippen LogP contribution in [-0.4, -0.2) is 4.98 Å². The average molecular weight is 311 g/mol. The molecule has 1 aromatic carbocycles. The van der Waals surface area contributed by atoms with E-state index in [4.69, 9.17) is 3.07 Å². The molecule has 0 atom stereocenters. The van der Waals surface area contributed by atoms with Crippen molar-refractivity contribution >= 4 is 23.0 Å². The van der Waals surface area contributed by atoms with Crippen LogP contribution < -0.4 is 3.07 Å². The van der Waals surface area contributed by atoms with Gasteiger partial charge < -0.3 is 3.07 Å². The summed E-state index contributed by atoms with van der Waals surface area (Å²) in [5.41, 5.74) is 2.98. The molecule has 1 heterocycles. The van der Waals surface area contributed by atoms with Gasteiger partial charge in [-0.1, -0.05) is 18.2 Å². The number of benzene rings is 1. The first-order chi connectivity index (χ1) is 7.31. The Morgan fingerprint density at radius 3 is 2.60 bits per heavy atom. The van der Waals surface area contributed by atoms with Crippen molar-refractivity contribution in [3.63, 3.8) is 0 Å². The minimum absolute atomic E-state index is 0.844. The lowest BCUT2D eigenvalue weighted by Crippen LogP contribution is -1.88. The number of pyridine rings is 1. The number of aryl methyl sites for hydroxylation is 1. The molecule has 0 aliphatic carbocycles. The second-order valence-electron chi connectivity index (χ2n) is 3.24. The van der Waals surface area contributed by atoms with E-state index in [1.54, 1.807) is 0 Å². The third kappa shape index (κ3) is 2.28. The lowest BCUT2D eigenvalue weighted by molar-refractivity contribution is 0.719. The Balaban J connectivity index is 2.53. The molecular weight excluding hydrogens is 301 g/mol. The maximum Gasteiger partial charge on any atom is 0.192 e. The first-order valence-corrected chi connectivity index (χ1v) is 5.51. The fraction of sp³-hybridized carbons (Fsp3) is 0.0833. The molecule has 2 rings (SSSR count). The number of para-hydroxylation sites is 1. The van der Waals surface area contributed by atoms with Crippen LogP contribution in [0.4, 0.5) is 0 Å². The Morgan fingerprint density at radius 2 is 1.87 bits per heavy atom. The van der Waals surface area contributed by atoms with Crippen LogP contribution in [0.15, 0.2) is 42.5 Å². The zero-order valence-electron chi connectivity index (χ0n) is 8.27. The molecule has 0 saturated carbocycles. The minimum atomic E-state index is 0.844. The van der Waals surface area contributed by atoms with Gasteiger partial charge in [0.25, 0.3) is 0 Å². The van der Waals surface area contributed by atoms with Crippen molar-refractivity contribution in [3.05, 3.63) is 48.2 Å². The van der Waals surface area contributed by atoms with Crippen LogP contribution in [0.5, 0.6) is 5.75 Å². The van der Waals surface area contributed by atoms with E-state index in [2.05, 4.69) is 4.98 Å². The topological polar surface area (TPSA) is 22.1 Å². The third-order valence-corrected chi connectivity index (χ3v) is 2.61. The van der Waals surface area contributed by atoms with E-state index in [9.17, 15) is 0 Å². The quantitative estimate of drug-likeness (QED) is 0.787. The second kappa shape index (κ2) is 4.61. The molecule has 15 heavy (non-hydrogen) atoms. The molecule has 0 spiro atoms. The molecule has 0 aliphatic rings. The predicted molar refractivity (Wildman–Crippen MR) is 69.1 cm³/mol. The van der Waals surface area contributed by atoms with Crippen molar-refractivity contribution < 1.29 is 3.07 Å². The molecule has 0 fully saturated rings. The summed E-state index contributed by atoms with van der Waals surface area (Å²) in [7, 11) is 0. The monoisotopic (exact) mass is 311 g/mol. The van der Waals surface area contributed by atoms with Crippen LogP contribution >= 0.6 is 23.0 Å². The lowest BCUT2D eigenvalue weighted by Gasteiger charge is -2.06. The van der Waals surface area contributed by atoms with Crippen LogP contribution in [0, 0.1) is 6.92 Å². The normalized spacial score (nSPS) is 10.0. The predicted octanol–water partition coefficient (Wildman–Crippen LogP) is 3.79. The molecule has 0 radical (unpaired) electrons. The first-order valence-electron chi connectivity index (χ1n) is 4.63. The van der Waals surface area contributed by atoms with Crippen LogP contribution in [0.3, 0.4) is 0 Å². The molecule has 0 bridgehead atoms. The van der Waals surface area contributed by atoms with Gasteiger partial charge in [-0.2, -0.15) is 0 Å². The van der Waals surface area contributed by atoms with Gasteiger partial charge in [0.05, 0.1) is 5.69 Å². The zero-order valence-corrected chi connectivity index (χ0v) is 10.4. The molecule has 76 valence electrons. The zero-order chi connectivity index (χ0) is 10.7. The molecule has 1 aromatic heterocycles. The van der Waals surface area contributed by atoms with Crippen molar-refractivity contribution in [2.24, 2.45) is 0 Å². The lowest BCUT2D eigenvalue weighted by atomic mass is 10.1. The van der Waals surface area contributed by atoms with Crippen LogP contribution in [0.25, 0.3) is 11.3 Å². The smallest absolute Gasteiger partial charge is 0.192 e. The summed E-state index contributed by atoms with van der Waals surface area (Å²) < 4.78 is 5.27. The van der Waals surface area contributed by atoms with Crippen molar-refractivity contribution in [1.29, 1.82) is 0 Å². The minimum Gasteiger partial charge on any atom is -0.427 e. The summed E-state index contributed by atoms with van der Waals surface area (Å²) in [6.07, 6.45) is 0. The van der Waals surface area contributed by atoms with Gasteiger partial charge in [0.15, 0.2) is 23.0 Å². The number of nitrogens with zero attached hydrogens (tertiary/aromatic N) is 1. The molecule has 0 N–H and O–H groups in total. The summed E-state index contributed by atoms with van der Waals surface area (Å²) in [6, 6.07) is 13.9. The first kappa shape index (κ1) is 10.4. The van der Waals surface area contributed by atoms with Gasteiger partial charge in [-0.25, -0.2) is 0 Å². The summed E-state index contributed by atoms with van der Waals surface area (Å²) >= 11 is 1.89. The summed E-state index contributed by atoms with van der Waals surface area (Å²) in [4.78, 5) is 4.47. The molecule has 0 amide bonds.